The largest absolute Gasteiger partial charge is 0.378 e. The van der Waals surface area contributed by atoms with E-state index in [1.165, 1.54) is 12.5 Å². The fourth-order valence-corrected chi connectivity index (χ4v) is 3.24. The first-order chi connectivity index (χ1) is 11.8. The van der Waals surface area contributed by atoms with Crippen LogP contribution in [0.4, 0.5) is 5.69 Å². The maximum atomic E-state index is 12.6. The van der Waals surface area contributed by atoms with Crippen LogP contribution in [0, 0.1) is 0 Å². The lowest BCUT2D eigenvalue weighted by atomic mass is 10.1. The fourth-order valence-electron chi connectivity index (χ4n) is 3.24. The van der Waals surface area contributed by atoms with E-state index in [0.717, 1.165) is 31.6 Å². The highest BCUT2D eigenvalue weighted by atomic mass is 16.2. The van der Waals surface area contributed by atoms with Gasteiger partial charge in [-0.2, -0.15) is 0 Å². The molecule has 1 N–H and O–H groups in total. The molecule has 0 unspecified atom stereocenters. The molecule has 1 aliphatic rings. The minimum atomic E-state index is -0.0304. The van der Waals surface area contributed by atoms with Gasteiger partial charge in [-0.3, -0.25) is 14.5 Å². The van der Waals surface area contributed by atoms with Gasteiger partial charge in [-0.05, 0) is 37.6 Å². The van der Waals surface area contributed by atoms with Crippen molar-refractivity contribution in [1.82, 2.24) is 15.1 Å². The highest BCUT2D eigenvalue weighted by Gasteiger charge is 2.24. The molecule has 138 valence electrons. The van der Waals surface area contributed by atoms with Gasteiger partial charge in [0, 0.05) is 52.4 Å². The number of piperidine rings is 1. The van der Waals surface area contributed by atoms with Gasteiger partial charge in [-0.25, -0.2) is 0 Å². The number of rotatable bonds is 6. The molecule has 2 rings (SSSR count). The molecule has 0 radical (unpaired) electrons. The zero-order chi connectivity index (χ0) is 18.4. The van der Waals surface area contributed by atoms with Crippen molar-refractivity contribution in [3.63, 3.8) is 0 Å². The SMILES string of the molecule is CC(=O)N[C@@H]1CCCN(C(=O)CN(C)Cc2cccc(N(C)C)c2)C1. The number of likely N-dealkylation sites (N-methyl/N-ethyl adjacent to an activating group) is 1. The van der Waals surface area contributed by atoms with Gasteiger partial charge in [0.05, 0.1) is 6.54 Å². The summed E-state index contributed by atoms with van der Waals surface area (Å²) in [4.78, 5) is 29.8. The molecule has 6 nitrogen and oxygen atoms in total. The Morgan fingerprint density at radius 2 is 2.04 bits per heavy atom. The van der Waals surface area contributed by atoms with Crippen LogP contribution in [0.2, 0.25) is 0 Å². The Morgan fingerprint density at radius 3 is 2.72 bits per heavy atom. The van der Waals surface area contributed by atoms with Crippen molar-refractivity contribution in [3.8, 4) is 0 Å². The highest BCUT2D eigenvalue weighted by Crippen LogP contribution is 2.15. The number of nitrogens with zero attached hydrogens (tertiary/aromatic N) is 3. The smallest absolute Gasteiger partial charge is 0.236 e. The summed E-state index contributed by atoms with van der Waals surface area (Å²) < 4.78 is 0. The first-order valence-electron chi connectivity index (χ1n) is 8.85. The average Bonchev–Trinajstić information content (AvgIpc) is 2.54. The van der Waals surface area contributed by atoms with Crippen LogP contribution in [0.1, 0.15) is 25.3 Å². The Balaban J connectivity index is 1.87. The summed E-state index contributed by atoms with van der Waals surface area (Å²) in [5, 5.41) is 2.93. The average molecular weight is 346 g/mol. The van der Waals surface area contributed by atoms with E-state index < -0.39 is 0 Å². The van der Waals surface area contributed by atoms with E-state index in [4.69, 9.17) is 0 Å². The molecule has 0 saturated carbocycles. The quantitative estimate of drug-likeness (QED) is 0.844. The summed E-state index contributed by atoms with van der Waals surface area (Å²) in [6.07, 6.45) is 1.88. The maximum Gasteiger partial charge on any atom is 0.236 e. The Morgan fingerprint density at radius 1 is 1.28 bits per heavy atom. The summed E-state index contributed by atoms with van der Waals surface area (Å²) >= 11 is 0. The van der Waals surface area contributed by atoms with E-state index >= 15 is 0 Å². The molecular weight excluding hydrogens is 316 g/mol. The van der Waals surface area contributed by atoms with E-state index in [-0.39, 0.29) is 17.9 Å². The number of likely N-dealkylation sites (tertiary alicyclic amines) is 1. The summed E-state index contributed by atoms with van der Waals surface area (Å²) in [7, 11) is 6.01. The summed E-state index contributed by atoms with van der Waals surface area (Å²) in [5.74, 6) is 0.0958. The molecule has 1 aliphatic heterocycles. The molecule has 1 heterocycles. The molecule has 0 spiro atoms. The van der Waals surface area contributed by atoms with Crippen molar-refractivity contribution >= 4 is 17.5 Å². The van der Waals surface area contributed by atoms with Gasteiger partial charge >= 0.3 is 0 Å². The van der Waals surface area contributed by atoms with Gasteiger partial charge in [0.15, 0.2) is 0 Å². The van der Waals surface area contributed by atoms with Gasteiger partial charge < -0.3 is 15.1 Å². The lowest BCUT2D eigenvalue weighted by Crippen LogP contribution is -2.51. The van der Waals surface area contributed by atoms with Gasteiger partial charge in [0.2, 0.25) is 11.8 Å². The molecule has 0 aromatic heterocycles. The van der Waals surface area contributed by atoms with Crippen LogP contribution in [0.3, 0.4) is 0 Å². The van der Waals surface area contributed by atoms with Crippen molar-refractivity contribution in [1.29, 1.82) is 0 Å². The van der Waals surface area contributed by atoms with Gasteiger partial charge in [0.1, 0.15) is 0 Å². The van der Waals surface area contributed by atoms with E-state index in [1.807, 2.05) is 37.0 Å². The van der Waals surface area contributed by atoms with Crippen LogP contribution in [0.15, 0.2) is 24.3 Å². The van der Waals surface area contributed by atoms with Crippen molar-refractivity contribution < 1.29 is 9.59 Å². The monoisotopic (exact) mass is 346 g/mol. The van der Waals surface area contributed by atoms with E-state index in [9.17, 15) is 9.59 Å². The lowest BCUT2D eigenvalue weighted by molar-refractivity contribution is -0.134. The third-order valence-electron chi connectivity index (χ3n) is 4.47. The Bertz CT molecular complexity index is 603. The van der Waals surface area contributed by atoms with Crippen molar-refractivity contribution in [2.45, 2.75) is 32.4 Å². The number of amides is 2. The summed E-state index contributed by atoms with van der Waals surface area (Å²) in [6, 6.07) is 8.43. The second-order valence-corrected chi connectivity index (χ2v) is 7.12. The Hall–Kier alpha value is -2.08. The number of nitrogens with one attached hydrogen (secondary N) is 1. The van der Waals surface area contributed by atoms with E-state index in [2.05, 4.69) is 28.4 Å². The third kappa shape index (κ3) is 6.05. The van der Waals surface area contributed by atoms with Crippen LogP contribution in [0.25, 0.3) is 0 Å². The van der Waals surface area contributed by atoms with E-state index in [0.29, 0.717) is 13.1 Å². The van der Waals surface area contributed by atoms with Crippen molar-refractivity contribution in [2.24, 2.45) is 0 Å². The van der Waals surface area contributed by atoms with Crippen LogP contribution in [0.5, 0.6) is 0 Å². The second kappa shape index (κ2) is 8.85. The Kier molecular flexibility index (Phi) is 6.82. The van der Waals surface area contributed by atoms with E-state index in [1.54, 1.807) is 0 Å². The van der Waals surface area contributed by atoms with Gasteiger partial charge in [-0.15, -0.1) is 0 Å². The molecule has 2 amide bonds. The summed E-state index contributed by atoms with van der Waals surface area (Å²) in [5.41, 5.74) is 2.35. The topological polar surface area (TPSA) is 55.9 Å². The normalized spacial score (nSPS) is 17.5. The number of hydrogen-bond donors (Lipinski definition) is 1. The van der Waals surface area contributed by atoms with Crippen LogP contribution in [-0.2, 0) is 16.1 Å². The zero-order valence-electron chi connectivity index (χ0n) is 15.8. The van der Waals surface area contributed by atoms with Gasteiger partial charge in [-0.1, -0.05) is 12.1 Å². The molecule has 1 aromatic rings. The number of hydrogen-bond acceptors (Lipinski definition) is 4. The summed E-state index contributed by atoms with van der Waals surface area (Å²) in [6.45, 7) is 4.03. The third-order valence-corrected chi connectivity index (χ3v) is 4.47. The molecule has 0 bridgehead atoms. The molecule has 1 saturated heterocycles. The van der Waals surface area contributed by atoms with Crippen LogP contribution in [-0.4, -0.2) is 68.4 Å². The predicted octanol–water partition coefficient (Wildman–Crippen LogP) is 1.31. The second-order valence-electron chi connectivity index (χ2n) is 7.12. The molecule has 6 heteroatoms. The predicted molar refractivity (Wildman–Crippen MR) is 101 cm³/mol. The number of carbonyl (C=O) groups excluding carboxylic acids is 2. The lowest BCUT2D eigenvalue weighted by Gasteiger charge is -2.34. The zero-order valence-corrected chi connectivity index (χ0v) is 15.8. The molecule has 1 atom stereocenters. The van der Waals surface area contributed by atoms with Crippen LogP contribution >= 0.6 is 0 Å². The standard InChI is InChI=1S/C19H30N4O2/c1-15(24)20-17-8-6-10-23(13-17)19(25)14-22(4)12-16-7-5-9-18(11-16)21(2)3/h5,7,9,11,17H,6,8,10,12-14H2,1-4H3,(H,20,24)/t17-/m1/s1. The molecule has 25 heavy (non-hydrogen) atoms. The number of anilines is 1. The minimum Gasteiger partial charge on any atom is -0.378 e. The van der Waals surface area contributed by atoms with Crippen LogP contribution < -0.4 is 10.2 Å². The first-order valence-corrected chi connectivity index (χ1v) is 8.85. The Labute approximate surface area is 150 Å². The first kappa shape index (κ1) is 19.2. The van der Waals surface area contributed by atoms with Crippen molar-refractivity contribution in [2.75, 3.05) is 45.7 Å². The molecule has 1 aromatic carbocycles. The number of carbonyl (C=O) groups is 2. The highest BCUT2D eigenvalue weighted by molar-refractivity contribution is 5.78. The molecule has 1 fully saturated rings. The molecular formula is C19H30N4O2. The van der Waals surface area contributed by atoms with Crippen molar-refractivity contribution in [3.05, 3.63) is 29.8 Å². The number of benzene rings is 1. The van der Waals surface area contributed by atoms with Gasteiger partial charge in [0.25, 0.3) is 0 Å². The minimum absolute atomic E-state index is 0.0304. The fraction of sp³-hybridized carbons (Fsp3) is 0.579. The maximum absolute atomic E-state index is 12.6. The molecule has 0 aliphatic carbocycles.